The maximum absolute atomic E-state index is 13.6. The van der Waals surface area contributed by atoms with E-state index >= 15 is 0 Å². The number of primary amides is 1. The number of carbonyl (C=O) groups excluding carboxylic acids is 2. The molecule has 0 radical (unpaired) electrons. The van der Waals surface area contributed by atoms with Crippen LogP contribution in [-0.4, -0.2) is 57.2 Å². The van der Waals surface area contributed by atoms with Gasteiger partial charge in [-0.05, 0) is 31.0 Å². The third kappa shape index (κ3) is 3.90. The molecule has 182 valence electrons. The van der Waals surface area contributed by atoms with Crippen molar-refractivity contribution in [1.82, 2.24) is 9.97 Å². The predicted octanol–water partition coefficient (Wildman–Crippen LogP) is 2.22. The molecule has 3 atom stereocenters. The number of quaternary nitrogens is 1. The van der Waals surface area contributed by atoms with Crippen LogP contribution in [0.5, 0.6) is 0 Å². The van der Waals surface area contributed by atoms with E-state index in [9.17, 15) is 14.7 Å². The van der Waals surface area contributed by atoms with Gasteiger partial charge in [-0.2, -0.15) is 0 Å². The number of aliphatic hydroxyl groups is 1. The molecular formula is C25H33N4O5+. The molecule has 4 fully saturated rings. The maximum atomic E-state index is 13.6. The number of aromatic nitrogens is 2. The summed E-state index contributed by atoms with van der Waals surface area (Å²) in [5, 5.41) is 11.7. The van der Waals surface area contributed by atoms with Crippen LogP contribution in [0.3, 0.4) is 0 Å². The Labute approximate surface area is 198 Å². The van der Waals surface area contributed by atoms with Gasteiger partial charge in [0.2, 0.25) is 11.6 Å². The summed E-state index contributed by atoms with van der Waals surface area (Å²) >= 11 is 0. The number of hydrogen-bond donors (Lipinski definition) is 2. The number of rotatable bonds is 7. The zero-order chi connectivity index (χ0) is 23.8. The monoisotopic (exact) mass is 469 g/mol. The van der Waals surface area contributed by atoms with Crippen LogP contribution in [0.4, 0.5) is 0 Å². The zero-order valence-electron chi connectivity index (χ0n) is 19.3. The van der Waals surface area contributed by atoms with Crippen molar-refractivity contribution in [2.45, 2.75) is 62.7 Å². The number of amides is 1. The highest BCUT2D eigenvalue weighted by Gasteiger charge is 2.56. The summed E-state index contributed by atoms with van der Waals surface area (Å²) in [7, 11) is 0. The van der Waals surface area contributed by atoms with Crippen LogP contribution in [0.1, 0.15) is 62.4 Å². The Balaban J connectivity index is 1.41. The van der Waals surface area contributed by atoms with Gasteiger partial charge in [-0.25, -0.2) is 14.8 Å². The largest absolute Gasteiger partial charge is 0.466 e. The highest BCUT2D eigenvalue weighted by Crippen LogP contribution is 2.45. The first-order valence-electron chi connectivity index (χ1n) is 12.3. The Morgan fingerprint density at radius 3 is 2.56 bits per heavy atom. The average Bonchev–Trinajstić information content (AvgIpc) is 3.41. The van der Waals surface area contributed by atoms with E-state index < -0.39 is 29.6 Å². The summed E-state index contributed by atoms with van der Waals surface area (Å²) in [6, 6.07) is 4.43. The molecule has 2 aromatic heterocycles. The van der Waals surface area contributed by atoms with Gasteiger partial charge in [0.15, 0.2) is 6.10 Å². The minimum Gasteiger partial charge on any atom is -0.466 e. The highest BCUT2D eigenvalue weighted by atomic mass is 16.6. The van der Waals surface area contributed by atoms with Crippen molar-refractivity contribution in [3.63, 3.8) is 0 Å². The van der Waals surface area contributed by atoms with Gasteiger partial charge < -0.3 is 24.5 Å². The van der Waals surface area contributed by atoms with Crippen molar-refractivity contribution in [1.29, 1.82) is 0 Å². The topological polar surface area (TPSA) is 129 Å². The van der Waals surface area contributed by atoms with Gasteiger partial charge in [-0.1, -0.05) is 19.3 Å². The molecule has 3 saturated heterocycles. The summed E-state index contributed by atoms with van der Waals surface area (Å²) in [5.41, 5.74) is 4.66. The number of esters is 1. The summed E-state index contributed by atoms with van der Waals surface area (Å²) in [6.45, 7) is 2.00. The van der Waals surface area contributed by atoms with E-state index in [0.29, 0.717) is 16.7 Å². The molecule has 2 bridgehead atoms. The fourth-order valence-corrected chi connectivity index (χ4v) is 6.53. The molecule has 3 aliphatic heterocycles. The Morgan fingerprint density at radius 2 is 1.94 bits per heavy atom. The minimum absolute atomic E-state index is 0.190. The Kier molecular flexibility index (Phi) is 6.16. The second-order valence-electron chi connectivity index (χ2n) is 10.1. The van der Waals surface area contributed by atoms with E-state index in [1.54, 1.807) is 24.4 Å². The number of fused-ring (bicyclic) bond motifs is 3. The summed E-state index contributed by atoms with van der Waals surface area (Å²) in [4.78, 5) is 34.5. The first-order valence-corrected chi connectivity index (χ1v) is 12.3. The van der Waals surface area contributed by atoms with Gasteiger partial charge in [0.05, 0.1) is 19.4 Å². The van der Waals surface area contributed by atoms with Crippen LogP contribution in [0.25, 0.3) is 0 Å². The Hall–Kier alpha value is -2.78. The van der Waals surface area contributed by atoms with Gasteiger partial charge in [0, 0.05) is 30.9 Å². The van der Waals surface area contributed by atoms with Crippen molar-refractivity contribution in [3.05, 3.63) is 48.4 Å². The lowest BCUT2D eigenvalue weighted by Gasteiger charge is -2.54. The van der Waals surface area contributed by atoms with Crippen molar-refractivity contribution in [2.24, 2.45) is 17.6 Å². The minimum atomic E-state index is -1.81. The molecular weight excluding hydrogens is 436 g/mol. The number of hydrogen-bond acceptors (Lipinski definition) is 7. The summed E-state index contributed by atoms with van der Waals surface area (Å²) < 4.78 is 12.1. The normalized spacial score (nSPS) is 29.8. The molecule has 1 aliphatic carbocycles. The lowest BCUT2D eigenvalue weighted by atomic mass is 9.75. The van der Waals surface area contributed by atoms with Crippen molar-refractivity contribution >= 4 is 11.9 Å². The third-order valence-electron chi connectivity index (χ3n) is 8.32. The molecule has 0 spiro atoms. The summed E-state index contributed by atoms with van der Waals surface area (Å²) in [6.07, 6.45) is 10.2. The summed E-state index contributed by atoms with van der Waals surface area (Å²) in [5.74, 6) is -0.911. The second kappa shape index (κ2) is 9.11. The SMILES string of the molecule is NC(=O)C(c1ccncn1)[N+]12CCC(CC1)[C@@H](OC(=O)C(O)(c1ccco1)C1CCCCC1)C2. The van der Waals surface area contributed by atoms with E-state index in [1.165, 1.54) is 12.6 Å². The van der Waals surface area contributed by atoms with Gasteiger partial charge in [-0.15, -0.1) is 0 Å². The van der Waals surface area contributed by atoms with E-state index in [1.807, 2.05) is 0 Å². The van der Waals surface area contributed by atoms with E-state index in [2.05, 4.69) is 9.97 Å². The average molecular weight is 470 g/mol. The molecule has 2 aromatic rings. The lowest BCUT2D eigenvalue weighted by Crippen LogP contribution is -2.67. The van der Waals surface area contributed by atoms with Gasteiger partial charge in [0.1, 0.15) is 24.3 Å². The molecule has 6 rings (SSSR count). The van der Waals surface area contributed by atoms with Crippen molar-refractivity contribution in [3.8, 4) is 0 Å². The van der Waals surface area contributed by atoms with Crippen molar-refractivity contribution in [2.75, 3.05) is 19.6 Å². The number of furan rings is 1. The lowest BCUT2D eigenvalue weighted by molar-refractivity contribution is -0.965. The first kappa shape index (κ1) is 23.0. The molecule has 4 aliphatic rings. The van der Waals surface area contributed by atoms with Crippen LogP contribution in [0.2, 0.25) is 0 Å². The molecule has 9 heteroatoms. The van der Waals surface area contributed by atoms with Crippen LogP contribution in [-0.2, 0) is 19.9 Å². The zero-order valence-corrected chi connectivity index (χ0v) is 19.3. The Bertz CT molecular complexity index is 1000. The molecule has 1 amide bonds. The second-order valence-corrected chi connectivity index (χ2v) is 10.1. The molecule has 5 heterocycles. The number of piperidine rings is 3. The molecule has 2 unspecified atom stereocenters. The maximum Gasteiger partial charge on any atom is 0.346 e. The number of ether oxygens (including phenoxy) is 1. The fourth-order valence-electron chi connectivity index (χ4n) is 6.53. The molecule has 3 N–H and O–H groups in total. The molecule has 1 saturated carbocycles. The van der Waals surface area contributed by atoms with E-state index in [0.717, 1.165) is 58.0 Å². The number of nitrogens with zero attached hydrogens (tertiary/aromatic N) is 3. The third-order valence-corrected chi connectivity index (χ3v) is 8.32. The van der Waals surface area contributed by atoms with E-state index in [-0.39, 0.29) is 17.6 Å². The number of carbonyl (C=O) groups is 2. The smallest absolute Gasteiger partial charge is 0.346 e. The first-order chi connectivity index (χ1) is 16.4. The highest BCUT2D eigenvalue weighted by molar-refractivity contribution is 5.81. The van der Waals surface area contributed by atoms with Crippen LogP contribution >= 0.6 is 0 Å². The van der Waals surface area contributed by atoms with Crippen molar-refractivity contribution < 1.29 is 28.3 Å². The predicted molar refractivity (Wildman–Crippen MR) is 121 cm³/mol. The molecule has 0 aromatic carbocycles. The standard InChI is InChI=1S/C25H32N4O5/c26-23(30)22(19-8-11-27-16-28-19)29-12-9-17(10-13-29)20(15-29)34-24(31)25(32,21-7-4-14-33-21)18-5-2-1-3-6-18/h4,7-8,11,14,16-18,20,22,32H,1-3,5-6,9-10,12-13,15H2,(H-,26,30)/p+1/t17?,20-,22?,25?,29?/m0/s1. The fraction of sp³-hybridized carbons (Fsp3) is 0.600. The number of nitrogens with two attached hydrogens (primary N) is 1. The van der Waals surface area contributed by atoms with Gasteiger partial charge in [0.25, 0.3) is 5.91 Å². The quantitative estimate of drug-likeness (QED) is 0.470. The molecule has 9 nitrogen and oxygen atoms in total. The van der Waals surface area contributed by atoms with Crippen LogP contribution < -0.4 is 5.73 Å². The Morgan fingerprint density at radius 1 is 1.18 bits per heavy atom. The van der Waals surface area contributed by atoms with Crippen LogP contribution in [0, 0.1) is 11.8 Å². The van der Waals surface area contributed by atoms with Gasteiger partial charge >= 0.3 is 5.97 Å². The molecule has 34 heavy (non-hydrogen) atoms. The van der Waals surface area contributed by atoms with Gasteiger partial charge in [-0.3, -0.25) is 4.79 Å². The van der Waals surface area contributed by atoms with Crippen LogP contribution in [0.15, 0.2) is 41.4 Å². The van der Waals surface area contributed by atoms with E-state index in [4.69, 9.17) is 14.9 Å².